The summed E-state index contributed by atoms with van der Waals surface area (Å²) in [5, 5.41) is 6.23. The lowest BCUT2D eigenvalue weighted by molar-refractivity contribution is 0.636. The fraction of sp³-hybridized carbons (Fsp3) is 0.161. The predicted molar refractivity (Wildman–Crippen MR) is 156 cm³/mol. The van der Waals surface area contributed by atoms with Crippen LogP contribution in [0, 0.1) is 0 Å². The van der Waals surface area contributed by atoms with Gasteiger partial charge >= 0.3 is 0 Å². The van der Waals surface area contributed by atoms with Gasteiger partial charge in [0.05, 0.1) is 18.0 Å². The Morgan fingerprint density at radius 1 is 1.14 bits per heavy atom. The average molecular weight is 499 g/mol. The van der Waals surface area contributed by atoms with E-state index >= 15 is 0 Å². The summed E-state index contributed by atoms with van der Waals surface area (Å²) in [6, 6.07) is 11.9. The second-order valence-corrected chi connectivity index (χ2v) is 8.50. The van der Waals surface area contributed by atoms with Crippen molar-refractivity contribution >= 4 is 55.7 Å². The van der Waals surface area contributed by atoms with Crippen LogP contribution in [0.2, 0.25) is 0 Å². The molecule has 0 radical (unpaired) electrons. The molecule has 0 fully saturated rings. The number of pyridine rings is 2. The number of alkyl halides is 1. The van der Waals surface area contributed by atoms with Gasteiger partial charge in [0.15, 0.2) is 0 Å². The summed E-state index contributed by atoms with van der Waals surface area (Å²) < 4.78 is 12.5. The lowest BCUT2D eigenvalue weighted by Crippen LogP contribution is -2.33. The first-order valence-electron chi connectivity index (χ1n) is 11.9. The number of hydrogen-bond acceptors (Lipinski definition) is 3. The molecule has 1 aromatic carbocycles. The van der Waals surface area contributed by atoms with Gasteiger partial charge in [-0.3, -0.25) is 18.7 Å². The highest BCUT2D eigenvalue weighted by atomic mass is 32.1. The molecule has 0 saturated heterocycles. The number of halogens is 1. The van der Waals surface area contributed by atoms with Crippen molar-refractivity contribution in [3.05, 3.63) is 111 Å². The maximum atomic E-state index is 13.1. The van der Waals surface area contributed by atoms with Gasteiger partial charge in [0, 0.05) is 38.7 Å². The Kier molecular flexibility index (Phi) is 9.48. The van der Waals surface area contributed by atoms with Gasteiger partial charge in [0.25, 0.3) is 5.56 Å². The largest absolute Gasteiger partial charge is 0.276 e. The van der Waals surface area contributed by atoms with Crippen LogP contribution in [0.5, 0.6) is 0 Å². The Labute approximate surface area is 215 Å². The Balaban J connectivity index is 0.000000861. The minimum atomic E-state index is -0.0822. The molecule has 0 bridgehead atoms. The van der Waals surface area contributed by atoms with E-state index in [1.165, 1.54) is 15.6 Å². The van der Waals surface area contributed by atoms with Crippen LogP contribution >= 0.6 is 11.3 Å². The van der Waals surface area contributed by atoms with E-state index in [2.05, 4.69) is 54.5 Å². The van der Waals surface area contributed by atoms with E-state index in [1.54, 1.807) is 28.0 Å². The highest BCUT2D eigenvalue weighted by Crippen LogP contribution is 2.32. The summed E-state index contributed by atoms with van der Waals surface area (Å²) in [6.45, 7) is 9.78. The Bertz CT molecular complexity index is 1650. The normalized spacial score (nSPS) is 12.8. The number of fused-ring (bicyclic) bond motifs is 4. The zero-order valence-corrected chi connectivity index (χ0v) is 22.0. The first kappa shape index (κ1) is 26.8. The molecule has 3 aromatic heterocycles. The van der Waals surface area contributed by atoms with Crippen LogP contribution in [-0.2, 0) is 0 Å². The maximum Gasteiger partial charge on any atom is 0.255 e. The smallest absolute Gasteiger partial charge is 0.255 e. The number of nitrogens with zero attached hydrogens (tertiary/aromatic N) is 2. The van der Waals surface area contributed by atoms with Crippen molar-refractivity contribution in [1.82, 2.24) is 9.55 Å². The van der Waals surface area contributed by atoms with Crippen molar-refractivity contribution in [3.63, 3.8) is 0 Å². The molecule has 1 aliphatic rings. The van der Waals surface area contributed by atoms with Crippen molar-refractivity contribution in [1.29, 1.82) is 0 Å². The second-order valence-electron chi connectivity index (χ2n) is 7.58. The van der Waals surface area contributed by atoms with E-state index in [9.17, 15) is 9.18 Å². The second kappa shape index (κ2) is 12.8. The van der Waals surface area contributed by atoms with E-state index in [0.29, 0.717) is 7.18 Å². The summed E-state index contributed by atoms with van der Waals surface area (Å²) in [4.78, 5) is 17.8. The molecule has 0 saturated carbocycles. The Hall–Kier alpha value is -3.83. The van der Waals surface area contributed by atoms with Crippen molar-refractivity contribution in [2.24, 2.45) is 0 Å². The summed E-state index contributed by atoms with van der Waals surface area (Å²) in [7, 11) is 0.500. The van der Waals surface area contributed by atoms with Gasteiger partial charge in [-0.2, -0.15) is 0 Å². The average Bonchev–Trinajstić information content (AvgIpc) is 3.23. The van der Waals surface area contributed by atoms with E-state index in [-0.39, 0.29) is 5.56 Å². The molecule has 36 heavy (non-hydrogen) atoms. The van der Waals surface area contributed by atoms with E-state index < -0.39 is 0 Å². The lowest BCUT2D eigenvalue weighted by Gasteiger charge is -2.12. The summed E-state index contributed by atoms with van der Waals surface area (Å²) in [5.41, 5.74) is 3.91. The summed E-state index contributed by atoms with van der Waals surface area (Å²) >= 11 is 1.75. The fourth-order valence-corrected chi connectivity index (χ4v) is 5.19. The van der Waals surface area contributed by atoms with E-state index in [1.807, 2.05) is 51.3 Å². The molecular weight excluding hydrogens is 467 g/mol. The zero-order valence-electron chi connectivity index (χ0n) is 21.2. The van der Waals surface area contributed by atoms with E-state index in [0.717, 1.165) is 39.2 Å². The fourth-order valence-electron chi connectivity index (χ4n) is 4.22. The number of thiophene rings is 1. The van der Waals surface area contributed by atoms with Gasteiger partial charge in [0.1, 0.15) is 0 Å². The first-order chi connectivity index (χ1) is 17.7. The minimum absolute atomic E-state index is 0.0822. The van der Waals surface area contributed by atoms with Crippen molar-refractivity contribution in [3.8, 4) is 0 Å². The number of rotatable bonds is 4. The van der Waals surface area contributed by atoms with Gasteiger partial charge in [-0.15, -0.1) is 11.3 Å². The van der Waals surface area contributed by atoms with Gasteiger partial charge in [-0.1, -0.05) is 62.9 Å². The molecular formula is C31H31FN2OS. The van der Waals surface area contributed by atoms with Crippen LogP contribution in [0.25, 0.3) is 44.4 Å². The molecule has 184 valence electrons. The van der Waals surface area contributed by atoms with Crippen molar-refractivity contribution in [2.75, 3.05) is 7.18 Å². The molecule has 0 atom stereocenters. The molecule has 0 aliphatic heterocycles. The van der Waals surface area contributed by atoms with Gasteiger partial charge in [-0.05, 0) is 60.2 Å². The van der Waals surface area contributed by atoms with Crippen LogP contribution in [-0.4, -0.2) is 16.7 Å². The van der Waals surface area contributed by atoms with Crippen molar-refractivity contribution < 1.29 is 4.39 Å². The molecule has 0 amide bonds. The Morgan fingerprint density at radius 2 is 1.92 bits per heavy atom. The SMILES string of the molecule is C=C/C=C(\C=C/C)n1c(=O)ccc2cnc3c(c21)=CC(c1csc2ccccc12)=CCC=3.CC.CF. The molecule has 5 rings (SSSR count). The number of hydrogen-bond donors (Lipinski definition) is 0. The molecule has 5 heteroatoms. The standard InChI is InChI=1S/C28H22N2OS.C2H6.CH3F/c1-3-8-21(9-4-2)30-27(31)15-14-20-17-29-25-12-7-10-19(16-23(25)28(20)30)24-18-32-26-13-6-5-11-22(24)26;2*1-2/h3-6,8-18H,1,7H2,2H3;1-2H3;1H3/b9-4-,21-8+;;. The molecule has 0 unspecified atom stereocenters. The molecule has 0 N–H and O–H groups in total. The monoisotopic (exact) mass is 498 g/mol. The van der Waals surface area contributed by atoms with Crippen LogP contribution in [0.15, 0.2) is 89.7 Å². The highest BCUT2D eigenvalue weighted by molar-refractivity contribution is 7.17. The molecule has 3 nitrogen and oxygen atoms in total. The lowest BCUT2D eigenvalue weighted by atomic mass is 10.0. The maximum absolute atomic E-state index is 13.1. The van der Waals surface area contributed by atoms with Gasteiger partial charge < -0.3 is 0 Å². The molecule has 0 spiro atoms. The highest BCUT2D eigenvalue weighted by Gasteiger charge is 2.13. The third-order valence-corrected chi connectivity index (χ3v) is 6.59. The van der Waals surface area contributed by atoms with Crippen molar-refractivity contribution in [2.45, 2.75) is 27.2 Å². The molecule has 1 aliphatic carbocycles. The summed E-state index contributed by atoms with van der Waals surface area (Å²) in [6.07, 6.45) is 16.6. The van der Waals surface area contributed by atoms with Crippen LogP contribution in [0.1, 0.15) is 32.8 Å². The Morgan fingerprint density at radius 3 is 2.67 bits per heavy atom. The summed E-state index contributed by atoms with van der Waals surface area (Å²) in [5.74, 6) is 0. The first-order valence-corrected chi connectivity index (χ1v) is 12.8. The van der Waals surface area contributed by atoms with Gasteiger partial charge in [0.2, 0.25) is 0 Å². The number of aromatic nitrogens is 2. The van der Waals surface area contributed by atoms with Crippen LogP contribution in [0.4, 0.5) is 4.39 Å². The van der Waals surface area contributed by atoms with E-state index in [4.69, 9.17) is 4.98 Å². The molecule has 4 aromatic rings. The van der Waals surface area contributed by atoms with Crippen LogP contribution in [0.3, 0.4) is 0 Å². The minimum Gasteiger partial charge on any atom is -0.276 e. The quantitative estimate of drug-likeness (QED) is 0.288. The third-order valence-electron chi connectivity index (χ3n) is 5.62. The topological polar surface area (TPSA) is 34.9 Å². The third kappa shape index (κ3) is 5.21. The zero-order chi connectivity index (χ0) is 26.1. The number of benzene rings is 1. The molecule has 3 heterocycles. The van der Waals surface area contributed by atoms with Crippen LogP contribution < -0.4 is 16.1 Å². The van der Waals surface area contributed by atoms with Gasteiger partial charge in [-0.25, -0.2) is 0 Å². The predicted octanol–water partition coefficient (Wildman–Crippen LogP) is 6.87. The number of allylic oxidation sites excluding steroid dienone is 7.